The van der Waals surface area contributed by atoms with Crippen molar-refractivity contribution in [3.63, 3.8) is 0 Å². The normalized spacial score (nSPS) is 16.3. The topological polar surface area (TPSA) is 66.8 Å². The van der Waals surface area contributed by atoms with E-state index in [-0.39, 0.29) is 0 Å². The van der Waals surface area contributed by atoms with Crippen LogP contribution in [0.5, 0.6) is 0 Å². The van der Waals surface area contributed by atoms with Crippen LogP contribution in [0.25, 0.3) is 0 Å². The standard InChI is InChI=1S/C6H12O4/c1-3-4(10-2)5(7)6(8)9/h4-5,7H,3H2,1-2H3,(H,8,9). The first-order chi connectivity index (χ1) is 4.63. The van der Waals surface area contributed by atoms with Gasteiger partial charge in [0.1, 0.15) is 0 Å². The van der Waals surface area contributed by atoms with E-state index < -0.39 is 18.2 Å². The van der Waals surface area contributed by atoms with Crippen molar-refractivity contribution in [1.82, 2.24) is 0 Å². The Morgan fingerprint density at radius 1 is 1.70 bits per heavy atom. The smallest absolute Gasteiger partial charge is 0.335 e. The summed E-state index contributed by atoms with van der Waals surface area (Å²) in [7, 11) is 1.38. The quantitative estimate of drug-likeness (QED) is 0.582. The molecule has 2 N–H and O–H groups in total. The maximum Gasteiger partial charge on any atom is 0.335 e. The van der Waals surface area contributed by atoms with E-state index in [2.05, 4.69) is 0 Å². The summed E-state index contributed by atoms with van der Waals surface area (Å²) in [6.45, 7) is 1.75. The zero-order chi connectivity index (χ0) is 8.15. The zero-order valence-electron chi connectivity index (χ0n) is 6.07. The molecule has 0 amide bonds. The molecule has 2 unspecified atom stereocenters. The van der Waals surface area contributed by atoms with Crippen molar-refractivity contribution in [3.8, 4) is 0 Å². The van der Waals surface area contributed by atoms with Gasteiger partial charge in [-0.1, -0.05) is 6.92 Å². The van der Waals surface area contributed by atoms with Crippen molar-refractivity contribution in [3.05, 3.63) is 0 Å². The molecule has 0 fully saturated rings. The first kappa shape index (κ1) is 9.39. The van der Waals surface area contributed by atoms with Gasteiger partial charge in [0, 0.05) is 7.11 Å². The number of carboxylic acid groups (broad SMARTS) is 1. The summed E-state index contributed by atoms with van der Waals surface area (Å²) >= 11 is 0. The van der Waals surface area contributed by atoms with E-state index in [1.165, 1.54) is 7.11 Å². The van der Waals surface area contributed by atoms with Crippen LogP contribution in [0.15, 0.2) is 0 Å². The molecule has 2 atom stereocenters. The lowest BCUT2D eigenvalue weighted by Gasteiger charge is -2.15. The van der Waals surface area contributed by atoms with Gasteiger partial charge >= 0.3 is 5.97 Å². The third-order valence-corrected chi connectivity index (χ3v) is 1.31. The molecule has 4 nitrogen and oxygen atoms in total. The lowest BCUT2D eigenvalue weighted by molar-refractivity contribution is -0.154. The molecule has 0 rings (SSSR count). The zero-order valence-corrected chi connectivity index (χ0v) is 6.07. The second-order valence-electron chi connectivity index (χ2n) is 1.97. The average Bonchev–Trinajstić information content (AvgIpc) is 1.90. The van der Waals surface area contributed by atoms with Gasteiger partial charge < -0.3 is 14.9 Å². The van der Waals surface area contributed by atoms with Crippen LogP contribution in [0.1, 0.15) is 13.3 Å². The molecule has 0 bridgehead atoms. The fraction of sp³-hybridized carbons (Fsp3) is 0.833. The van der Waals surface area contributed by atoms with Crippen molar-refractivity contribution in [1.29, 1.82) is 0 Å². The van der Waals surface area contributed by atoms with Crippen molar-refractivity contribution < 1.29 is 19.7 Å². The SMILES string of the molecule is CCC(OC)C(O)C(=O)O. The molecule has 4 heteroatoms. The fourth-order valence-electron chi connectivity index (χ4n) is 0.678. The molecule has 0 aliphatic carbocycles. The third kappa shape index (κ3) is 2.33. The maximum atomic E-state index is 10.1. The van der Waals surface area contributed by atoms with E-state index in [0.717, 1.165) is 0 Å². The fourth-order valence-corrected chi connectivity index (χ4v) is 0.678. The van der Waals surface area contributed by atoms with Crippen LogP contribution in [0.4, 0.5) is 0 Å². The minimum atomic E-state index is -1.41. The van der Waals surface area contributed by atoms with Crippen molar-refractivity contribution in [2.45, 2.75) is 25.6 Å². The van der Waals surface area contributed by atoms with E-state index >= 15 is 0 Å². The summed E-state index contributed by atoms with van der Waals surface area (Å²) in [6.07, 6.45) is -1.52. The third-order valence-electron chi connectivity index (χ3n) is 1.31. The maximum absolute atomic E-state index is 10.1. The first-order valence-electron chi connectivity index (χ1n) is 3.07. The van der Waals surface area contributed by atoms with Crippen molar-refractivity contribution in [2.24, 2.45) is 0 Å². The number of aliphatic carboxylic acids is 1. The Labute approximate surface area is 59.4 Å². The van der Waals surface area contributed by atoms with Gasteiger partial charge in [0.05, 0.1) is 6.10 Å². The lowest BCUT2D eigenvalue weighted by atomic mass is 10.1. The summed E-state index contributed by atoms with van der Waals surface area (Å²) in [5.74, 6) is -1.24. The predicted octanol–water partition coefficient (Wildman–Crippen LogP) is -0.143. The number of rotatable bonds is 4. The average molecular weight is 148 g/mol. The van der Waals surface area contributed by atoms with E-state index in [4.69, 9.17) is 14.9 Å². The van der Waals surface area contributed by atoms with Gasteiger partial charge in [-0.25, -0.2) is 4.79 Å². The Bertz CT molecular complexity index is 108. The highest BCUT2D eigenvalue weighted by molar-refractivity contribution is 5.72. The van der Waals surface area contributed by atoms with Crippen molar-refractivity contribution in [2.75, 3.05) is 7.11 Å². The monoisotopic (exact) mass is 148 g/mol. The van der Waals surface area contributed by atoms with Gasteiger partial charge in [-0.05, 0) is 6.42 Å². The van der Waals surface area contributed by atoms with Crippen LogP contribution >= 0.6 is 0 Å². The Balaban J connectivity index is 3.88. The number of hydrogen-bond acceptors (Lipinski definition) is 3. The second kappa shape index (κ2) is 4.24. The highest BCUT2D eigenvalue weighted by Crippen LogP contribution is 2.02. The number of carboxylic acids is 1. The minimum Gasteiger partial charge on any atom is -0.479 e. The molecule has 0 aliphatic heterocycles. The number of ether oxygens (including phenoxy) is 1. The largest absolute Gasteiger partial charge is 0.479 e. The van der Waals surface area contributed by atoms with E-state index in [9.17, 15) is 4.79 Å². The van der Waals surface area contributed by atoms with Crippen LogP contribution in [-0.4, -0.2) is 35.5 Å². The molecule has 0 aromatic heterocycles. The Morgan fingerprint density at radius 2 is 2.20 bits per heavy atom. The van der Waals surface area contributed by atoms with Crippen LogP contribution in [0.2, 0.25) is 0 Å². The molecule has 60 valence electrons. The molecular weight excluding hydrogens is 136 g/mol. The van der Waals surface area contributed by atoms with Crippen LogP contribution in [-0.2, 0) is 9.53 Å². The Kier molecular flexibility index (Phi) is 3.99. The van der Waals surface area contributed by atoms with Gasteiger partial charge in [0.15, 0.2) is 6.10 Å². The lowest BCUT2D eigenvalue weighted by Crippen LogP contribution is -2.34. The Hall–Kier alpha value is -0.610. The molecule has 10 heavy (non-hydrogen) atoms. The van der Waals surface area contributed by atoms with E-state index in [1.54, 1.807) is 6.92 Å². The molecule has 0 spiro atoms. The molecule has 0 saturated carbocycles. The van der Waals surface area contributed by atoms with Crippen LogP contribution < -0.4 is 0 Å². The predicted molar refractivity (Wildman–Crippen MR) is 34.7 cm³/mol. The first-order valence-corrected chi connectivity index (χ1v) is 3.07. The molecule has 0 aromatic rings. The molecule has 0 saturated heterocycles. The molecule has 0 radical (unpaired) electrons. The molecule has 0 aromatic carbocycles. The number of aliphatic hydroxyl groups excluding tert-OH is 1. The van der Waals surface area contributed by atoms with Gasteiger partial charge in [-0.3, -0.25) is 0 Å². The second-order valence-corrected chi connectivity index (χ2v) is 1.97. The molecule has 0 aliphatic rings. The van der Waals surface area contributed by atoms with E-state index in [0.29, 0.717) is 6.42 Å². The summed E-state index contributed by atoms with van der Waals surface area (Å²) < 4.78 is 4.69. The summed E-state index contributed by atoms with van der Waals surface area (Å²) in [5, 5.41) is 17.1. The summed E-state index contributed by atoms with van der Waals surface area (Å²) in [4.78, 5) is 10.1. The summed E-state index contributed by atoms with van der Waals surface area (Å²) in [5.41, 5.74) is 0. The summed E-state index contributed by atoms with van der Waals surface area (Å²) in [6, 6.07) is 0. The van der Waals surface area contributed by atoms with Gasteiger partial charge in [0.2, 0.25) is 0 Å². The van der Waals surface area contributed by atoms with Gasteiger partial charge in [0.25, 0.3) is 0 Å². The van der Waals surface area contributed by atoms with Gasteiger partial charge in [-0.2, -0.15) is 0 Å². The number of hydrogen-bond donors (Lipinski definition) is 2. The van der Waals surface area contributed by atoms with Crippen LogP contribution in [0, 0.1) is 0 Å². The highest BCUT2D eigenvalue weighted by Gasteiger charge is 2.23. The highest BCUT2D eigenvalue weighted by atomic mass is 16.5. The van der Waals surface area contributed by atoms with Crippen LogP contribution in [0.3, 0.4) is 0 Å². The minimum absolute atomic E-state index is 0.490. The number of aliphatic hydroxyl groups is 1. The van der Waals surface area contributed by atoms with Gasteiger partial charge in [-0.15, -0.1) is 0 Å². The van der Waals surface area contributed by atoms with E-state index in [1.807, 2.05) is 0 Å². The molecule has 0 heterocycles. The van der Waals surface area contributed by atoms with Crippen molar-refractivity contribution >= 4 is 5.97 Å². The molecular formula is C6H12O4. The number of methoxy groups -OCH3 is 1. The number of carbonyl (C=O) groups is 1. The Morgan fingerprint density at radius 3 is 2.30 bits per heavy atom.